The minimum Gasteiger partial charge on any atom is -0.465 e. The highest BCUT2D eigenvalue weighted by atomic mass is 16.6. The van der Waals surface area contributed by atoms with Gasteiger partial charge in [0.1, 0.15) is 5.60 Å². The minimum absolute atomic E-state index is 0.128. The Kier molecular flexibility index (Phi) is 7.21. The number of carbonyl (C=O) groups is 2. The molecule has 33 heavy (non-hydrogen) atoms. The van der Waals surface area contributed by atoms with Gasteiger partial charge in [-0.15, -0.1) is 0 Å². The molecule has 5 aliphatic rings. The molecule has 10 atom stereocenters. The molecular weight excluding hydrogens is 416 g/mol. The van der Waals surface area contributed by atoms with Crippen LogP contribution < -0.4 is 0 Å². The molecule has 5 heteroatoms. The molecule has 0 radical (unpaired) electrons. The second kappa shape index (κ2) is 9.51. The van der Waals surface area contributed by atoms with Crippen molar-refractivity contribution in [1.82, 2.24) is 0 Å². The van der Waals surface area contributed by atoms with E-state index in [0.29, 0.717) is 24.4 Å². The number of aliphatic hydroxyl groups is 1. The average Bonchev–Trinajstić information content (AvgIpc) is 3.52. The summed E-state index contributed by atoms with van der Waals surface area (Å²) in [5.74, 6) is 4.69. The minimum atomic E-state index is -0.525. The third-order valence-electron chi connectivity index (χ3n) is 9.93. The van der Waals surface area contributed by atoms with Crippen molar-refractivity contribution < 1.29 is 24.2 Å². The van der Waals surface area contributed by atoms with E-state index in [0.717, 1.165) is 30.1 Å². The van der Waals surface area contributed by atoms with Crippen molar-refractivity contribution in [2.24, 2.45) is 65.1 Å². The number of hydrogen-bond acceptors (Lipinski definition) is 5. The Hall–Kier alpha value is -1.10. The lowest BCUT2D eigenvalue weighted by Gasteiger charge is -2.37. The fourth-order valence-corrected chi connectivity index (χ4v) is 8.58. The summed E-state index contributed by atoms with van der Waals surface area (Å²) < 4.78 is 11.7. The SMILES string of the molecule is CC1C(C)C2CC1C(C(=O)OCC1CC3C4CCC(C4)C3C1)C2C(=O)OC(C)(C)C.CCO. The summed E-state index contributed by atoms with van der Waals surface area (Å²) in [6.45, 7) is 12.7. The van der Waals surface area contributed by atoms with Gasteiger partial charge in [-0.2, -0.15) is 0 Å². The molecule has 0 aromatic heterocycles. The Bertz CT molecular complexity index is 708. The van der Waals surface area contributed by atoms with E-state index in [1.54, 1.807) is 6.92 Å². The lowest BCUT2D eigenvalue weighted by molar-refractivity contribution is -0.173. The molecule has 4 bridgehead atoms. The fraction of sp³-hybridized carbons (Fsp3) is 0.929. The molecule has 10 unspecified atom stereocenters. The quantitative estimate of drug-likeness (QED) is 0.589. The Morgan fingerprint density at radius 1 is 0.818 bits per heavy atom. The van der Waals surface area contributed by atoms with Gasteiger partial charge >= 0.3 is 11.9 Å². The maximum absolute atomic E-state index is 13.3. The van der Waals surface area contributed by atoms with Crippen molar-refractivity contribution in [2.45, 2.75) is 85.7 Å². The van der Waals surface area contributed by atoms with E-state index in [9.17, 15) is 9.59 Å². The normalized spacial score (nSPS) is 44.9. The fourth-order valence-electron chi connectivity index (χ4n) is 8.58. The number of hydrogen-bond donors (Lipinski definition) is 1. The van der Waals surface area contributed by atoms with Crippen LogP contribution >= 0.6 is 0 Å². The summed E-state index contributed by atoms with van der Waals surface area (Å²) in [4.78, 5) is 26.3. The largest absolute Gasteiger partial charge is 0.465 e. The summed E-state index contributed by atoms with van der Waals surface area (Å²) in [6, 6.07) is 0. The van der Waals surface area contributed by atoms with Gasteiger partial charge in [0.25, 0.3) is 0 Å². The molecule has 0 saturated heterocycles. The third-order valence-corrected chi connectivity index (χ3v) is 9.93. The topological polar surface area (TPSA) is 72.8 Å². The van der Waals surface area contributed by atoms with Gasteiger partial charge in [0.2, 0.25) is 0 Å². The van der Waals surface area contributed by atoms with Gasteiger partial charge in [0.15, 0.2) is 0 Å². The van der Waals surface area contributed by atoms with Gasteiger partial charge in [0, 0.05) is 6.61 Å². The van der Waals surface area contributed by atoms with E-state index in [1.165, 1.54) is 32.1 Å². The molecule has 5 fully saturated rings. The van der Waals surface area contributed by atoms with E-state index >= 15 is 0 Å². The van der Waals surface area contributed by atoms with E-state index < -0.39 is 5.60 Å². The molecule has 5 nitrogen and oxygen atoms in total. The first kappa shape index (κ1) is 25.0. The van der Waals surface area contributed by atoms with Crippen molar-refractivity contribution in [2.75, 3.05) is 13.2 Å². The van der Waals surface area contributed by atoms with Crippen LogP contribution in [0.15, 0.2) is 0 Å². The highest BCUT2D eigenvalue weighted by molar-refractivity contribution is 5.84. The summed E-state index contributed by atoms with van der Waals surface area (Å²) in [5.41, 5.74) is -0.525. The molecule has 0 aliphatic heterocycles. The number of fused-ring (bicyclic) bond motifs is 7. The number of ether oxygens (including phenoxy) is 2. The van der Waals surface area contributed by atoms with Crippen LogP contribution in [0.2, 0.25) is 0 Å². The van der Waals surface area contributed by atoms with Gasteiger partial charge in [-0.3, -0.25) is 9.59 Å². The highest BCUT2D eigenvalue weighted by Gasteiger charge is 2.61. The Labute approximate surface area is 200 Å². The molecular formula is C28H46O5. The van der Waals surface area contributed by atoms with Crippen LogP contribution in [0.5, 0.6) is 0 Å². The van der Waals surface area contributed by atoms with Crippen LogP contribution in [0.1, 0.15) is 80.1 Å². The van der Waals surface area contributed by atoms with E-state index in [1.807, 2.05) is 20.8 Å². The zero-order valence-electron chi connectivity index (χ0n) is 21.6. The van der Waals surface area contributed by atoms with Crippen LogP contribution in [0.25, 0.3) is 0 Å². The van der Waals surface area contributed by atoms with Gasteiger partial charge in [0.05, 0.1) is 18.4 Å². The second-order valence-corrected chi connectivity index (χ2v) is 12.8. The molecule has 5 rings (SSSR count). The molecule has 5 saturated carbocycles. The van der Waals surface area contributed by atoms with Crippen LogP contribution in [-0.2, 0) is 19.1 Å². The van der Waals surface area contributed by atoms with Gasteiger partial charge < -0.3 is 14.6 Å². The number of esters is 2. The van der Waals surface area contributed by atoms with Crippen LogP contribution in [0.4, 0.5) is 0 Å². The zero-order chi connectivity index (χ0) is 24.1. The molecule has 0 spiro atoms. The highest BCUT2D eigenvalue weighted by Crippen LogP contribution is 2.61. The molecule has 5 aliphatic carbocycles. The van der Waals surface area contributed by atoms with Crippen molar-refractivity contribution in [3.63, 3.8) is 0 Å². The Morgan fingerprint density at radius 3 is 1.79 bits per heavy atom. The molecule has 0 aromatic carbocycles. The summed E-state index contributed by atoms with van der Waals surface area (Å²) in [5, 5.41) is 7.57. The van der Waals surface area contributed by atoms with Gasteiger partial charge in [-0.25, -0.2) is 0 Å². The van der Waals surface area contributed by atoms with Crippen LogP contribution in [0.3, 0.4) is 0 Å². The maximum Gasteiger partial charge on any atom is 0.310 e. The standard InChI is InChI=1S/C26H40O4.C2H6O/c1-13-14(2)19-11-18(13)22(23(19)25(28)30-26(3,4)5)24(27)29-12-15-8-20-16-6-7-17(10-16)21(20)9-15;1-2-3/h13-23H,6-12H2,1-5H3;3H,2H2,1H3. The smallest absolute Gasteiger partial charge is 0.310 e. The first-order valence-electron chi connectivity index (χ1n) is 13.6. The third kappa shape index (κ3) is 4.73. The van der Waals surface area contributed by atoms with E-state index in [2.05, 4.69) is 13.8 Å². The average molecular weight is 463 g/mol. The predicted molar refractivity (Wildman–Crippen MR) is 127 cm³/mol. The zero-order valence-corrected chi connectivity index (χ0v) is 21.6. The van der Waals surface area contributed by atoms with Gasteiger partial charge in [-0.05, 0) is 119 Å². The second-order valence-electron chi connectivity index (χ2n) is 12.8. The molecule has 0 heterocycles. The lowest BCUT2D eigenvalue weighted by Crippen LogP contribution is -2.44. The van der Waals surface area contributed by atoms with Gasteiger partial charge in [-0.1, -0.05) is 13.8 Å². The van der Waals surface area contributed by atoms with Crippen LogP contribution in [-0.4, -0.2) is 35.9 Å². The van der Waals surface area contributed by atoms with Crippen molar-refractivity contribution in [3.05, 3.63) is 0 Å². The molecule has 0 aromatic rings. The monoisotopic (exact) mass is 462 g/mol. The first-order valence-corrected chi connectivity index (χ1v) is 13.6. The molecule has 0 amide bonds. The molecule has 1 N–H and O–H groups in total. The van der Waals surface area contributed by atoms with E-state index in [4.69, 9.17) is 14.6 Å². The number of aliphatic hydroxyl groups excluding tert-OH is 1. The lowest BCUT2D eigenvalue weighted by atomic mass is 9.69. The summed E-state index contributed by atoms with van der Waals surface area (Å²) in [6.07, 6.45) is 7.77. The molecule has 188 valence electrons. The van der Waals surface area contributed by atoms with Crippen molar-refractivity contribution in [3.8, 4) is 0 Å². The van der Waals surface area contributed by atoms with Crippen LogP contribution in [0, 0.1) is 65.1 Å². The predicted octanol–water partition coefficient (Wildman–Crippen LogP) is 5.10. The van der Waals surface area contributed by atoms with Crippen molar-refractivity contribution >= 4 is 11.9 Å². The summed E-state index contributed by atoms with van der Waals surface area (Å²) in [7, 11) is 0. The number of carbonyl (C=O) groups excluding carboxylic acids is 2. The Balaban J connectivity index is 0.000000821. The van der Waals surface area contributed by atoms with Crippen molar-refractivity contribution in [1.29, 1.82) is 0 Å². The maximum atomic E-state index is 13.3. The number of rotatable bonds is 4. The summed E-state index contributed by atoms with van der Waals surface area (Å²) >= 11 is 0. The first-order chi connectivity index (χ1) is 15.6. The Morgan fingerprint density at radius 2 is 1.30 bits per heavy atom. The van der Waals surface area contributed by atoms with E-state index in [-0.39, 0.29) is 42.2 Å².